The second kappa shape index (κ2) is 3.89. The topological polar surface area (TPSA) is 74.9 Å². The van der Waals surface area contributed by atoms with Gasteiger partial charge in [0.1, 0.15) is 18.2 Å². The summed E-state index contributed by atoms with van der Waals surface area (Å²) in [6, 6.07) is 0. The van der Waals surface area contributed by atoms with E-state index in [1.165, 1.54) is 6.26 Å². The van der Waals surface area contributed by atoms with E-state index in [0.717, 1.165) is 6.26 Å². The summed E-state index contributed by atoms with van der Waals surface area (Å²) in [6.45, 7) is 5.44. The second-order valence-corrected chi connectivity index (χ2v) is 3.90. The maximum Gasteiger partial charge on any atom is 0.236 e. The normalized spacial score (nSPS) is 14.0. The molecule has 1 rings (SSSR count). The summed E-state index contributed by atoms with van der Waals surface area (Å²) in [7, 11) is 0. The minimum absolute atomic E-state index is 0.0680. The predicted molar refractivity (Wildman–Crippen MR) is 50.8 cm³/mol. The van der Waals surface area contributed by atoms with E-state index in [1.54, 1.807) is 0 Å². The molecule has 80 valence electrons. The van der Waals surface area contributed by atoms with Crippen molar-refractivity contribution in [3.63, 3.8) is 0 Å². The molecule has 0 fully saturated rings. The molecule has 0 aliphatic rings. The van der Waals surface area contributed by atoms with Gasteiger partial charge in [0.2, 0.25) is 6.41 Å². The minimum atomic E-state index is -1.18. The summed E-state index contributed by atoms with van der Waals surface area (Å²) in [5.41, 5.74) is -0.173. The Kier molecular flexibility index (Phi) is 3.03. The van der Waals surface area contributed by atoms with Crippen LogP contribution < -0.4 is 5.32 Å². The molecule has 0 radical (unpaired) electrons. The van der Waals surface area contributed by atoms with Crippen LogP contribution in [0.4, 0.5) is 5.69 Å². The predicted octanol–water partition coefficient (Wildman–Crippen LogP) is 1.49. The Bertz CT molecular complexity index is 289. The summed E-state index contributed by atoms with van der Waals surface area (Å²) in [6.07, 6.45) is 1.26. The molecule has 0 saturated heterocycles. The lowest BCUT2D eigenvalue weighted by Crippen LogP contribution is -2.32. The molecular formula is C9H15NO4. The Balaban J connectivity index is 2.50. The number of aromatic hydroxyl groups is 1. The van der Waals surface area contributed by atoms with Crippen molar-refractivity contribution in [2.75, 3.05) is 5.32 Å². The van der Waals surface area contributed by atoms with Crippen LogP contribution in [0.1, 0.15) is 20.8 Å². The number of anilines is 1. The number of aliphatic hydroxyl groups excluding tert-OH is 1. The van der Waals surface area contributed by atoms with E-state index >= 15 is 0 Å². The molecule has 1 aromatic rings. The van der Waals surface area contributed by atoms with Gasteiger partial charge in [-0.15, -0.1) is 0 Å². The highest BCUT2D eigenvalue weighted by atomic mass is 16.6. The molecule has 1 unspecified atom stereocenters. The molecule has 5 nitrogen and oxygen atoms in total. The zero-order valence-corrected chi connectivity index (χ0v) is 8.44. The molecule has 1 atom stereocenters. The molecule has 0 saturated carbocycles. The number of rotatable bonds is 3. The first-order valence-corrected chi connectivity index (χ1v) is 4.26. The average Bonchev–Trinajstić information content (AvgIpc) is 2.32. The quantitative estimate of drug-likeness (QED) is 0.646. The van der Waals surface area contributed by atoms with Gasteiger partial charge in [-0.05, 0) is 20.8 Å². The summed E-state index contributed by atoms with van der Waals surface area (Å²) in [5.74, 6) is -0.0680. The third-order valence-corrected chi connectivity index (χ3v) is 1.39. The number of ether oxygens (including phenoxy) is 1. The fourth-order valence-corrected chi connectivity index (χ4v) is 0.896. The molecule has 5 heteroatoms. The molecule has 0 spiro atoms. The smallest absolute Gasteiger partial charge is 0.236 e. The molecule has 0 aliphatic carbocycles. The van der Waals surface area contributed by atoms with Crippen LogP contribution in [0.2, 0.25) is 0 Å². The average molecular weight is 201 g/mol. The number of hydrogen-bond donors (Lipinski definition) is 3. The number of furan rings is 1. The molecule has 3 N–H and O–H groups in total. The second-order valence-electron chi connectivity index (χ2n) is 3.90. The third kappa shape index (κ3) is 3.27. The number of aliphatic hydroxyl groups is 1. The lowest BCUT2D eigenvalue weighted by atomic mass is 10.2. The summed E-state index contributed by atoms with van der Waals surface area (Å²) in [5, 5.41) is 21.1. The van der Waals surface area contributed by atoms with Crippen molar-refractivity contribution in [1.29, 1.82) is 0 Å². The van der Waals surface area contributed by atoms with E-state index in [2.05, 4.69) is 5.32 Å². The van der Waals surface area contributed by atoms with Crippen LogP contribution in [-0.4, -0.2) is 22.2 Å². The first-order valence-electron chi connectivity index (χ1n) is 4.26. The van der Waals surface area contributed by atoms with Gasteiger partial charge in [-0.1, -0.05) is 0 Å². The van der Waals surface area contributed by atoms with Gasteiger partial charge < -0.3 is 24.7 Å². The van der Waals surface area contributed by atoms with Crippen LogP contribution >= 0.6 is 0 Å². The van der Waals surface area contributed by atoms with Crippen LogP contribution in [0.5, 0.6) is 5.75 Å². The first kappa shape index (κ1) is 10.9. The van der Waals surface area contributed by atoms with Crippen LogP contribution in [0.15, 0.2) is 16.9 Å². The molecule has 0 amide bonds. The van der Waals surface area contributed by atoms with Gasteiger partial charge >= 0.3 is 0 Å². The molecular weight excluding hydrogens is 186 g/mol. The Hall–Kier alpha value is -1.20. The van der Waals surface area contributed by atoms with Crippen molar-refractivity contribution in [3.05, 3.63) is 12.5 Å². The van der Waals surface area contributed by atoms with Crippen LogP contribution in [-0.2, 0) is 4.74 Å². The van der Waals surface area contributed by atoms with E-state index in [1.807, 2.05) is 20.8 Å². The van der Waals surface area contributed by atoms with E-state index < -0.39 is 12.0 Å². The van der Waals surface area contributed by atoms with E-state index in [0.29, 0.717) is 5.69 Å². The standard InChI is InChI=1S/C9H15NO4/c1-9(2,3)14-8(12)10-6-4-13-5-7(6)11/h4-5,8,10-12H,1-3H3. The highest BCUT2D eigenvalue weighted by Gasteiger charge is 2.17. The van der Waals surface area contributed by atoms with Crippen LogP contribution in [0.25, 0.3) is 0 Å². The first-order chi connectivity index (χ1) is 6.38. The number of hydrogen-bond acceptors (Lipinski definition) is 5. The van der Waals surface area contributed by atoms with Gasteiger partial charge in [0.25, 0.3) is 0 Å². The summed E-state index contributed by atoms with van der Waals surface area (Å²) >= 11 is 0. The van der Waals surface area contributed by atoms with Crippen molar-refractivity contribution < 1.29 is 19.4 Å². The van der Waals surface area contributed by atoms with Gasteiger partial charge in [0, 0.05) is 0 Å². The largest absolute Gasteiger partial charge is 0.503 e. The van der Waals surface area contributed by atoms with Gasteiger partial charge in [-0.3, -0.25) is 0 Å². The SMILES string of the molecule is CC(C)(C)OC(O)Nc1cocc1O. The fourth-order valence-electron chi connectivity index (χ4n) is 0.896. The zero-order valence-electron chi connectivity index (χ0n) is 8.44. The van der Waals surface area contributed by atoms with Crippen molar-refractivity contribution in [2.45, 2.75) is 32.8 Å². The van der Waals surface area contributed by atoms with E-state index in [9.17, 15) is 10.2 Å². The maximum absolute atomic E-state index is 9.39. The Labute approximate surface area is 82.3 Å². The van der Waals surface area contributed by atoms with Crippen molar-refractivity contribution in [1.82, 2.24) is 0 Å². The Morgan fingerprint density at radius 1 is 1.43 bits per heavy atom. The molecule has 0 bridgehead atoms. The number of nitrogens with one attached hydrogen (secondary N) is 1. The highest BCUT2D eigenvalue weighted by Crippen LogP contribution is 2.24. The van der Waals surface area contributed by atoms with E-state index in [4.69, 9.17) is 9.15 Å². The van der Waals surface area contributed by atoms with Crippen LogP contribution in [0, 0.1) is 0 Å². The van der Waals surface area contributed by atoms with Crippen LogP contribution in [0.3, 0.4) is 0 Å². The molecule has 1 heterocycles. The molecule has 14 heavy (non-hydrogen) atoms. The zero-order chi connectivity index (χ0) is 10.8. The third-order valence-electron chi connectivity index (χ3n) is 1.39. The summed E-state index contributed by atoms with van der Waals surface area (Å²) in [4.78, 5) is 0. The summed E-state index contributed by atoms with van der Waals surface area (Å²) < 4.78 is 9.85. The van der Waals surface area contributed by atoms with E-state index in [-0.39, 0.29) is 5.75 Å². The van der Waals surface area contributed by atoms with Gasteiger partial charge in [-0.2, -0.15) is 0 Å². The molecule has 1 aromatic heterocycles. The minimum Gasteiger partial charge on any atom is -0.503 e. The lowest BCUT2D eigenvalue weighted by molar-refractivity contribution is -0.148. The van der Waals surface area contributed by atoms with Crippen molar-refractivity contribution >= 4 is 5.69 Å². The Morgan fingerprint density at radius 2 is 2.07 bits per heavy atom. The Morgan fingerprint density at radius 3 is 2.50 bits per heavy atom. The molecule has 0 aliphatic heterocycles. The van der Waals surface area contributed by atoms with Gasteiger partial charge in [0.05, 0.1) is 5.60 Å². The highest BCUT2D eigenvalue weighted by molar-refractivity contribution is 5.52. The monoisotopic (exact) mass is 201 g/mol. The van der Waals surface area contributed by atoms with Crippen molar-refractivity contribution in [2.24, 2.45) is 0 Å². The van der Waals surface area contributed by atoms with Gasteiger partial charge in [-0.25, -0.2) is 0 Å². The van der Waals surface area contributed by atoms with Crippen molar-refractivity contribution in [3.8, 4) is 5.75 Å². The lowest BCUT2D eigenvalue weighted by Gasteiger charge is -2.24. The fraction of sp³-hybridized carbons (Fsp3) is 0.556. The maximum atomic E-state index is 9.39. The molecule has 0 aromatic carbocycles. The van der Waals surface area contributed by atoms with Gasteiger partial charge in [0.15, 0.2) is 5.75 Å².